The minimum atomic E-state index is -0.220. The summed E-state index contributed by atoms with van der Waals surface area (Å²) in [5.41, 5.74) is 4.09. The van der Waals surface area contributed by atoms with Crippen LogP contribution in [0.1, 0.15) is 5.56 Å². The number of urea groups is 1. The smallest absolute Gasteiger partial charge is 0.320 e. The number of nitrogens with one attached hydrogen (secondary N) is 3. The van der Waals surface area contributed by atoms with Gasteiger partial charge in [0, 0.05) is 41.9 Å². The second-order valence-corrected chi connectivity index (χ2v) is 5.76. The first kappa shape index (κ1) is 14.8. The van der Waals surface area contributed by atoms with Crippen molar-refractivity contribution in [3.05, 3.63) is 42.1 Å². The second kappa shape index (κ2) is 6.37. The first-order chi connectivity index (χ1) is 11.8. The number of anilines is 4. The maximum atomic E-state index is 11.4. The van der Waals surface area contributed by atoms with Crippen LogP contribution in [-0.4, -0.2) is 37.3 Å². The maximum Gasteiger partial charge on any atom is 0.320 e. The third kappa shape index (κ3) is 2.98. The van der Waals surface area contributed by atoms with Gasteiger partial charge in [0.25, 0.3) is 0 Å². The molecule has 1 saturated heterocycles. The van der Waals surface area contributed by atoms with Crippen molar-refractivity contribution in [2.45, 2.75) is 6.54 Å². The van der Waals surface area contributed by atoms with Gasteiger partial charge in [-0.2, -0.15) is 0 Å². The zero-order chi connectivity index (χ0) is 16.4. The second-order valence-electron chi connectivity index (χ2n) is 5.76. The van der Waals surface area contributed by atoms with Crippen LogP contribution in [0.15, 0.2) is 36.5 Å². The Morgan fingerprint density at radius 3 is 2.71 bits per heavy atom. The van der Waals surface area contributed by atoms with E-state index >= 15 is 0 Å². The zero-order valence-electron chi connectivity index (χ0n) is 13.2. The van der Waals surface area contributed by atoms with Gasteiger partial charge in [-0.05, 0) is 30.3 Å². The Balaban J connectivity index is 1.51. The monoisotopic (exact) mass is 325 g/mol. The average Bonchev–Trinajstić information content (AvgIpc) is 2.63. The van der Waals surface area contributed by atoms with E-state index in [-0.39, 0.29) is 6.03 Å². The summed E-state index contributed by atoms with van der Waals surface area (Å²) in [6.07, 6.45) is 1.69. The molecule has 2 aliphatic rings. The number of amides is 2. The number of carbonyl (C=O) groups excluding carboxylic acids is 1. The van der Waals surface area contributed by atoms with Crippen molar-refractivity contribution in [2.24, 2.45) is 0 Å². The summed E-state index contributed by atoms with van der Waals surface area (Å²) >= 11 is 0. The first-order valence-corrected chi connectivity index (χ1v) is 8.02. The molecule has 2 amide bonds. The van der Waals surface area contributed by atoms with E-state index in [9.17, 15) is 4.79 Å². The lowest BCUT2D eigenvalue weighted by Crippen LogP contribution is -2.36. The molecule has 0 aliphatic carbocycles. The number of nitrogens with zero attached hydrogens (tertiary/aromatic N) is 2. The van der Waals surface area contributed by atoms with E-state index in [0.717, 1.165) is 43.2 Å². The Bertz CT molecular complexity index is 741. The Morgan fingerprint density at radius 1 is 1.12 bits per heavy atom. The lowest BCUT2D eigenvalue weighted by atomic mass is 10.1. The van der Waals surface area contributed by atoms with E-state index in [2.05, 4.69) is 50.1 Å². The van der Waals surface area contributed by atoms with E-state index in [0.29, 0.717) is 12.4 Å². The molecule has 3 N–H and O–H groups in total. The van der Waals surface area contributed by atoms with E-state index in [4.69, 9.17) is 4.74 Å². The van der Waals surface area contributed by atoms with Crippen LogP contribution in [0, 0.1) is 0 Å². The van der Waals surface area contributed by atoms with Crippen molar-refractivity contribution in [1.82, 2.24) is 10.3 Å². The number of benzene rings is 1. The normalized spacial score (nSPS) is 16.8. The molecule has 0 atom stereocenters. The molecule has 2 aliphatic heterocycles. The van der Waals surface area contributed by atoms with E-state index in [1.54, 1.807) is 6.20 Å². The molecule has 0 unspecified atom stereocenters. The SMILES string of the molecule is O=C1NCc2c(Nc3ccc(N4CCOCC4)cc3)ccnc2N1. The van der Waals surface area contributed by atoms with Gasteiger partial charge in [-0.25, -0.2) is 9.78 Å². The molecule has 4 rings (SSSR count). The molecule has 3 heterocycles. The minimum Gasteiger partial charge on any atom is -0.378 e. The quantitative estimate of drug-likeness (QED) is 0.807. The highest BCUT2D eigenvalue weighted by molar-refractivity contribution is 5.92. The third-order valence-electron chi connectivity index (χ3n) is 4.24. The number of aromatic nitrogens is 1. The molecule has 2 aromatic rings. The highest BCUT2D eigenvalue weighted by Crippen LogP contribution is 2.28. The summed E-state index contributed by atoms with van der Waals surface area (Å²) in [6, 6.07) is 10.0. The van der Waals surface area contributed by atoms with Crippen molar-refractivity contribution < 1.29 is 9.53 Å². The summed E-state index contributed by atoms with van der Waals surface area (Å²) in [5, 5.41) is 8.89. The standard InChI is InChI=1S/C17H19N5O2/c23-17-19-11-14-15(5-6-18-16(14)21-17)20-12-1-3-13(4-2-12)22-7-9-24-10-8-22/h1-6H,7-11H2,(H3,18,19,20,21,23). The van der Waals surface area contributed by atoms with E-state index in [1.807, 2.05) is 6.07 Å². The van der Waals surface area contributed by atoms with Gasteiger partial charge in [0.15, 0.2) is 0 Å². The molecule has 1 fully saturated rings. The van der Waals surface area contributed by atoms with Gasteiger partial charge in [-0.3, -0.25) is 5.32 Å². The van der Waals surface area contributed by atoms with Crippen molar-refractivity contribution in [3.63, 3.8) is 0 Å². The number of pyridine rings is 1. The van der Waals surface area contributed by atoms with Crippen LogP contribution in [0.4, 0.5) is 27.7 Å². The molecule has 0 spiro atoms. The number of ether oxygens (including phenoxy) is 1. The fraction of sp³-hybridized carbons (Fsp3) is 0.294. The van der Waals surface area contributed by atoms with Crippen LogP contribution in [0.3, 0.4) is 0 Å². The summed E-state index contributed by atoms with van der Waals surface area (Å²) < 4.78 is 5.39. The molecule has 0 radical (unpaired) electrons. The molecule has 1 aromatic carbocycles. The highest BCUT2D eigenvalue weighted by atomic mass is 16.5. The number of carbonyl (C=O) groups is 1. The zero-order valence-corrected chi connectivity index (χ0v) is 13.2. The maximum absolute atomic E-state index is 11.4. The lowest BCUT2D eigenvalue weighted by Gasteiger charge is -2.29. The van der Waals surface area contributed by atoms with Gasteiger partial charge in [0.1, 0.15) is 5.82 Å². The van der Waals surface area contributed by atoms with Crippen LogP contribution in [0.2, 0.25) is 0 Å². The first-order valence-electron chi connectivity index (χ1n) is 8.02. The molecular weight excluding hydrogens is 306 g/mol. The number of hydrogen-bond acceptors (Lipinski definition) is 5. The Hall–Kier alpha value is -2.80. The summed E-state index contributed by atoms with van der Waals surface area (Å²) in [4.78, 5) is 17.9. The molecule has 7 nitrogen and oxygen atoms in total. The Morgan fingerprint density at radius 2 is 1.92 bits per heavy atom. The van der Waals surface area contributed by atoms with Crippen molar-refractivity contribution in [2.75, 3.05) is 41.8 Å². The van der Waals surface area contributed by atoms with Crippen molar-refractivity contribution in [1.29, 1.82) is 0 Å². The Labute approximate surface area is 140 Å². The van der Waals surface area contributed by atoms with E-state index < -0.39 is 0 Å². The number of fused-ring (bicyclic) bond motifs is 1. The average molecular weight is 325 g/mol. The van der Waals surface area contributed by atoms with Gasteiger partial charge in [-0.15, -0.1) is 0 Å². The van der Waals surface area contributed by atoms with Crippen LogP contribution >= 0.6 is 0 Å². The fourth-order valence-electron chi connectivity index (χ4n) is 2.95. The minimum absolute atomic E-state index is 0.220. The fourth-order valence-corrected chi connectivity index (χ4v) is 2.95. The van der Waals surface area contributed by atoms with Gasteiger partial charge >= 0.3 is 6.03 Å². The van der Waals surface area contributed by atoms with Crippen molar-refractivity contribution >= 4 is 28.9 Å². The largest absolute Gasteiger partial charge is 0.378 e. The summed E-state index contributed by atoms with van der Waals surface area (Å²) in [7, 11) is 0. The molecular formula is C17H19N5O2. The molecule has 24 heavy (non-hydrogen) atoms. The predicted molar refractivity (Wildman–Crippen MR) is 92.9 cm³/mol. The lowest BCUT2D eigenvalue weighted by molar-refractivity contribution is 0.122. The number of hydrogen-bond donors (Lipinski definition) is 3. The molecule has 1 aromatic heterocycles. The molecule has 0 bridgehead atoms. The summed E-state index contributed by atoms with van der Waals surface area (Å²) in [6.45, 7) is 3.87. The van der Waals surface area contributed by atoms with Gasteiger partial charge in [0.05, 0.1) is 19.8 Å². The highest BCUT2D eigenvalue weighted by Gasteiger charge is 2.18. The van der Waals surface area contributed by atoms with Gasteiger partial charge < -0.3 is 20.3 Å². The predicted octanol–water partition coefficient (Wildman–Crippen LogP) is 2.30. The molecule has 124 valence electrons. The van der Waals surface area contributed by atoms with Gasteiger partial charge in [-0.1, -0.05) is 0 Å². The molecule has 7 heteroatoms. The number of morpholine rings is 1. The number of rotatable bonds is 3. The van der Waals surface area contributed by atoms with Gasteiger partial charge in [0.2, 0.25) is 0 Å². The van der Waals surface area contributed by atoms with Crippen LogP contribution in [-0.2, 0) is 11.3 Å². The summed E-state index contributed by atoms with van der Waals surface area (Å²) in [5.74, 6) is 0.605. The Kier molecular flexibility index (Phi) is 3.92. The van der Waals surface area contributed by atoms with E-state index in [1.165, 1.54) is 5.69 Å². The van der Waals surface area contributed by atoms with Crippen LogP contribution in [0.25, 0.3) is 0 Å². The topological polar surface area (TPSA) is 78.5 Å². The van der Waals surface area contributed by atoms with Crippen LogP contribution in [0.5, 0.6) is 0 Å². The van der Waals surface area contributed by atoms with Crippen LogP contribution < -0.4 is 20.9 Å². The third-order valence-corrected chi connectivity index (χ3v) is 4.24. The molecule has 0 saturated carbocycles. The van der Waals surface area contributed by atoms with Crippen molar-refractivity contribution in [3.8, 4) is 0 Å².